The summed E-state index contributed by atoms with van der Waals surface area (Å²) in [7, 11) is 0. The van der Waals surface area contributed by atoms with Crippen molar-refractivity contribution in [1.82, 2.24) is 9.88 Å². The molecule has 27 heavy (non-hydrogen) atoms. The van der Waals surface area contributed by atoms with E-state index < -0.39 is 11.7 Å². The van der Waals surface area contributed by atoms with E-state index in [1.807, 2.05) is 0 Å². The normalized spacial score (nSPS) is 18.6. The van der Waals surface area contributed by atoms with E-state index in [1.165, 1.54) is 12.3 Å². The van der Waals surface area contributed by atoms with Crippen molar-refractivity contribution in [2.45, 2.75) is 25.4 Å². The number of likely N-dealkylation sites (tertiary alicyclic amines) is 1. The third-order valence-corrected chi connectivity index (χ3v) is 4.95. The molecule has 1 saturated heterocycles. The number of para-hydroxylation sites is 1. The largest absolute Gasteiger partial charge is 0.418 e. The Kier molecular flexibility index (Phi) is 5.84. The Balaban J connectivity index is 1.60. The summed E-state index contributed by atoms with van der Waals surface area (Å²) in [4.78, 5) is 17.5. The van der Waals surface area contributed by atoms with Gasteiger partial charge in [-0.05, 0) is 44.5 Å². The number of pyridine rings is 1. The molecular weight excluding hydrogens is 357 g/mol. The van der Waals surface area contributed by atoms with Crippen LogP contribution in [0.4, 0.5) is 18.9 Å². The van der Waals surface area contributed by atoms with Crippen molar-refractivity contribution in [2.75, 3.05) is 31.5 Å². The number of rotatable bonds is 6. The summed E-state index contributed by atoms with van der Waals surface area (Å²) < 4.78 is 39.5. The second-order valence-electron chi connectivity index (χ2n) is 6.88. The van der Waals surface area contributed by atoms with Crippen molar-refractivity contribution >= 4 is 22.5 Å². The van der Waals surface area contributed by atoms with Crippen LogP contribution in [0, 0.1) is 5.92 Å². The maximum Gasteiger partial charge on any atom is 0.418 e. The SMILES string of the molecule is NC(=O)C1CCCN(CCCNc2ccnc3c(C(F)(F)F)cccc23)C1. The Morgan fingerprint density at radius 2 is 2.15 bits per heavy atom. The lowest BCUT2D eigenvalue weighted by Gasteiger charge is -2.31. The number of aromatic nitrogens is 1. The molecule has 1 aromatic carbocycles. The van der Waals surface area contributed by atoms with Crippen LogP contribution < -0.4 is 11.1 Å². The van der Waals surface area contributed by atoms with Crippen molar-refractivity contribution in [3.05, 3.63) is 36.0 Å². The summed E-state index contributed by atoms with van der Waals surface area (Å²) in [5, 5.41) is 3.67. The Labute approximate surface area is 155 Å². The number of carbonyl (C=O) groups is 1. The fourth-order valence-corrected chi connectivity index (χ4v) is 3.58. The van der Waals surface area contributed by atoms with Crippen LogP contribution in [0.5, 0.6) is 0 Å². The van der Waals surface area contributed by atoms with Crippen molar-refractivity contribution < 1.29 is 18.0 Å². The predicted octanol–water partition coefficient (Wildman–Crippen LogP) is 3.25. The minimum absolute atomic E-state index is 0.0460. The molecule has 2 heterocycles. The molecule has 1 aliphatic rings. The van der Waals surface area contributed by atoms with Gasteiger partial charge in [0.2, 0.25) is 5.91 Å². The van der Waals surface area contributed by atoms with Gasteiger partial charge in [0, 0.05) is 30.4 Å². The standard InChI is InChI=1S/C19H23F3N4O/c20-19(21,22)15-6-1-5-14-16(7-9-25-17(14)15)24-8-3-11-26-10-2-4-13(12-26)18(23)27/h1,5-7,9,13H,2-4,8,10-12H2,(H2,23,27)(H,24,25). The molecule has 5 nitrogen and oxygen atoms in total. The highest BCUT2D eigenvalue weighted by atomic mass is 19.4. The first-order valence-electron chi connectivity index (χ1n) is 9.06. The predicted molar refractivity (Wildman–Crippen MR) is 98.2 cm³/mol. The number of carbonyl (C=O) groups excluding carboxylic acids is 1. The van der Waals surface area contributed by atoms with Gasteiger partial charge in [-0.3, -0.25) is 9.78 Å². The molecule has 0 bridgehead atoms. The van der Waals surface area contributed by atoms with E-state index in [9.17, 15) is 18.0 Å². The van der Waals surface area contributed by atoms with Crippen LogP contribution in [0.25, 0.3) is 10.9 Å². The van der Waals surface area contributed by atoms with Gasteiger partial charge in [-0.1, -0.05) is 12.1 Å². The van der Waals surface area contributed by atoms with Crippen LogP contribution in [0.2, 0.25) is 0 Å². The zero-order valence-corrected chi connectivity index (χ0v) is 14.9. The highest BCUT2D eigenvalue weighted by Crippen LogP contribution is 2.35. The van der Waals surface area contributed by atoms with Crippen LogP contribution >= 0.6 is 0 Å². The highest BCUT2D eigenvalue weighted by molar-refractivity contribution is 5.93. The van der Waals surface area contributed by atoms with Crippen LogP contribution in [-0.4, -0.2) is 42.0 Å². The van der Waals surface area contributed by atoms with Crippen LogP contribution in [-0.2, 0) is 11.0 Å². The van der Waals surface area contributed by atoms with E-state index in [0.717, 1.165) is 38.4 Å². The topological polar surface area (TPSA) is 71.2 Å². The number of nitrogens with zero attached hydrogens (tertiary/aromatic N) is 2. The number of alkyl halides is 3. The summed E-state index contributed by atoms with van der Waals surface area (Å²) in [5.74, 6) is -0.335. The number of nitrogens with two attached hydrogens (primary N) is 1. The van der Waals surface area contributed by atoms with Gasteiger partial charge in [0.25, 0.3) is 0 Å². The molecule has 0 spiro atoms. The van der Waals surface area contributed by atoms with E-state index in [1.54, 1.807) is 12.1 Å². The molecule has 146 valence electrons. The number of fused-ring (bicyclic) bond motifs is 1. The van der Waals surface area contributed by atoms with E-state index in [2.05, 4.69) is 15.2 Å². The molecule has 0 radical (unpaired) electrons. The molecule has 1 aliphatic heterocycles. The smallest absolute Gasteiger partial charge is 0.384 e. The van der Waals surface area contributed by atoms with Gasteiger partial charge in [-0.2, -0.15) is 13.2 Å². The Hall–Kier alpha value is -2.35. The van der Waals surface area contributed by atoms with Gasteiger partial charge < -0.3 is 16.0 Å². The fraction of sp³-hybridized carbons (Fsp3) is 0.474. The number of benzene rings is 1. The maximum absolute atomic E-state index is 13.2. The van der Waals surface area contributed by atoms with Crippen molar-refractivity contribution in [3.63, 3.8) is 0 Å². The summed E-state index contributed by atoms with van der Waals surface area (Å²) >= 11 is 0. The van der Waals surface area contributed by atoms with E-state index >= 15 is 0 Å². The Morgan fingerprint density at radius 1 is 1.33 bits per heavy atom. The number of halogens is 3. The number of hydrogen-bond acceptors (Lipinski definition) is 4. The fourth-order valence-electron chi connectivity index (χ4n) is 3.58. The summed E-state index contributed by atoms with van der Waals surface area (Å²) in [6.07, 6.45) is -0.433. The number of anilines is 1. The van der Waals surface area contributed by atoms with Crippen molar-refractivity contribution in [1.29, 1.82) is 0 Å². The molecule has 3 rings (SSSR count). The first kappa shape index (κ1) is 19.4. The molecule has 3 N–H and O–H groups in total. The maximum atomic E-state index is 13.2. The monoisotopic (exact) mass is 380 g/mol. The van der Waals surface area contributed by atoms with Crippen LogP contribution in [0.3, 0.4) is 0 Å². The zero-order chi connectivity index (χ0) is 19.4. The van der Waals surface area contributed by atoms with E-state index in [4.69, 9.17) is 5.73 Å². The minimum Gasteiger partial charge on any atom is -0.384 e. The molecule has 1 atom stereocenters. The number of piperidine rings is 1. The molecule has 1 amide bonds. The second-order valence-corrected chi connectivity index (χ2v) is 6.88. The lowest BCUT2D eigenvalue weighted by molar-refractivity contribution is -0.136. The van der Waals surface area contributed by atoms with Crippen LogP contribution in [0.1, 0.15) is 24.8 Å². The lowest BCUT2D eigenvalue weighted by atomic mass is 9.97. The van der Waals surface area contributed by atoms with Gasteiger partial charge in [-0.15, -0.1) is 0 Å². The average molecular weight is 380 g/mol. The third-order valence-electron chi connectivity index (χ3n) is 4.95. The van der Waals surface area contributed by atoms with Gasteiger partial charge in [0.1, 0.15) is 0 Å². The molecule has 2 aromatic rings. The molecule has 1 fully saturated rings. The minimum atomic E-state index is -4.43. The molecule has 1 unspecified atom stereocenters. The van der Waals surface area contributed by atoms with Crippen molar-refractivity contribution in [2.24, 2.45) is 11.7 Å². The summed E-state index contributed by atoms with van der Waals surface area (Å²) in [5.41, 5.74) is 5.26. The summed E-state index contributed by atoms with van der Waals surface area (Å²) in [6, 6.07) is 5.77. The zero-order valence-electron chi connectivity index (χ0n) is 14.9. The van der Waals surface area contributed by atoms with Crippen LogP contribution in [0.15, 0.2) is 30.5 Å². The number of amides is 1. The highest BCUT2D eigenvalue weighted by Gasteiger charge is 2.33. The molecule has 1 aromatic heterocycles. The Bertz CT molecular complexity index is 809. The van der Waals surface area contributed by atoms with Crippen molar-refractivity contribution in [3.8, 4) is 0 Å². The number of primary amides is 1. The average Bonchev–Trinajstić information content (AvgIpc) is 2.64. The molecule has 0 saturated carbocycles. The summed E-state index contributed by atoms with van der Waals surface area (Å²) in [6.45, 7) is 3.06. The Morgan fingerprint density at radius 3 is 2.89 bits per heavy atom. The second kappa shape index (κ2) is 8.12. The van der Waals surface area contributed by atoms with E-state index in [-0.39, 0.29) is 17.3 Å². The lowest BCUT2D eigenvalue weighted by Crippen LogP contribution is -2.41. The van der Waals surface area contributed by atoms with Gasteiger partial charge >= 0.3 is 6.18 Å². The third kappa shape index (κ3) is 4.68. The molecule has 8 heteroatoms. The number of hydrogen-bond donors (Lipinski definition) is 2. The first-order chi connectivity index (χ1) is 12.9. The molecule has 0 aliphatic carbocycles. The first-order valence-corrected chi connectivity index (χ1v) is 9.06. The molecular formula is C19H23F3N4O. The van der Waals surface area contributed by atoms with Gasteiger partial charge in [0.05, 0.1) is 17.0 Å². The number of nitrogens with one attached hydrogen (secondary N) is 1. The van der Waals surface area contributed by atoms with Gasteiger partial charge in [0.15, 0.2) is 0 Å². The van der Waals surface area contributed by atoms with Gasteiger partial charge in [-0.25, -0.2) is 0 Å². The van der Waals surface area contributed by atoms with E-state index in [0.29, 0.717) is 24.2 Å². The quantitative estimate of drug-likeness (QED) is 0.755.